The van der Waals surface area contributed by atoms with Gasteiger partial charge in [0.05, 0.1) is 0 Å². The Morgan fingerprint density at radius 3 is 2.60 bits per heavy atom. The summed E-state index contributed by atoms with van der Waals surface area (Å²) in [6.45, 7) is 11.7. The molecule has 2 aliphatic heterocycles. The molecule has 172 valence electrons. The summed E-state index contributed by atoms with van der Waals surface area (Å²) < 4.78 is 0. The minimum absolute atomic E-state index is 0.280. The van der Waals surface area contributed by atoms with Crippen LogP contribution in [0.25, 0.3) is 0 Å². The van der Waals surface area contributed by atoms with Crippen molar-refractivity contribution in [1.82, 2.24) is 20.4 Å². The van der Waals surface area contributed by atoms with E-state index in [1.54, 1.807) is 0 Å². The summed E-state index contributed by atoms with van der Waals surface area (Å²) in [5.74, 6) is 2.45. The Hall–Kier alpha value is -1.30. The summed E-state index contributed by atoms with van der Waals surface area (Å²) in [4.78, 5) is 22.3. The summed E-state index contributed by atoms with van der Waals surface area (Å²) in [5, 5.41) is 6.97. The third-order valence-corrected chi connectivity index (χ3v) is 7.03. The van der Waals surface area contributed by atoms with Crippen molar-refractivity contribution in [2.45, 2.75) is 84.1 Å². The lowest BCUT2D eigenvalue weighted by Gasteiger charge is -2.30. The Morgan fingerprint density at radius 1 is 1.00 bits per heavy atom. The first-order valence-electron chi connectivity index (χ1n) is 12.7. The molecule has 1 saturated carbocycles. The zero-order chi connectivity index (χ0) is 21.2. The Kier molecular flexibility index (Phi) is 9.76. The molecule has 2 N–H and O–H groups in total. The van der Waals surface area contributed by atoms with Crippen molar-refractivity contribution in [3.05, 3.63) is 0 Å². The Morgan fingerprint density at radius 2 is 1.83 bits per heavy atom. The van der Waals surface area contributed by atoms with Crippen molar-refractivity contribution in [3.63, 3.8) is 0 Å². The van der Waals surface area contributed by atoms with E-state index in [-0.39, 0.29) is 5.92 Å². The van der Waals surface area contributed by atoms with E-state index >= 15 is 0 Å². The van der Waals surface area contributed by atoms with Gasteiger partial charge in [0.2, 0.25) is 5.91 Å². The maximum Gasteiger partial charge on any atom is 0.225 e. The molecule has 30 heavy (non-hydrogen) atoms. The quantitative estimate of drug-likeness (QED) is 0.360. The lowest BCUT2D eigenvalue weighted by atomic mass is 9.88. The number of guanidine groups is 1. The number of unbranched alkanes of at least 4 members (excludes halogenated alkanes) is 1. The van der Waals surface area contributed by atoms with Crippen LogP contribution in [0, 0.1) is 11.8 Å². The van der Waals surface area contributed by atoms with Crippen molar-refractivity contribution >= 4 is 11.9 Å². The van der Waals surface area contributed by atoms with E-state index in [0.717, 1.165) is 63.7 Å². The van der Waals surface area contributed by atoms with E-state index in [9.17, 15) is 4.79 Å². The van der Waals surface area contributed by atoms with Gasteiger partial charge in [-0.15, -0.1) is 0 Å². The Balaban J connectivity index is 1.36. The average molecular weight is 420 g/mol. The van der Waals surface area contributed by atoms with Crippen molar-refractivity contribution < 1.29 is 4.79 Å². The molecule has 2 heterocycles. The van der Waals surface area contributed by atoms with Gasteiger partial charge in [-0.2, -0.15) is 0 Å². The minimum Gasteiger partial charge on any atom is -0.357 e. The van der Waals surface area contributed by atoms with Crippen molar-refractivity contribution in [2.75, 3.05) is 45.8 Å². The van der Waals surface area contributed by atoms with E-state index in [1.807, 2.05) is 0 Å². The maximum absolute atomic E-state index is 12.8. The van der Waals surface area contributed by atoms with Crippen LogP contribution in [0.1, 0.15) is 78.1 Å². The number of hydrogen-bond acceptors (Lipinski definition) is 3. The predicted molar refractivity (Wildman–Crippen MR) is 125 cm³/mol. The molecule has 2 saturated heterocycles. The molecule has 3 fully saturated rings. The molecule has 0 aromatic rings. The van der Waals surface area contributed by atoms with Gasteiger partial charge in [-0.3, -0.25) is 9.79 Å². The topological polar surface area (TPSA) is 60.0 Å². The van der Waals surface area contributed by atoms with Crippen LogP contribution in [0.4, 0.5) is 0 Å². The second kappa shape index (κ2) is 12.5. The van der Waals surface area contributed by atoms with E-state index in [4.69, 9.17) is 4.99 Å². The summed E-state index contributed by atoms with van der Waals surface area (Å²) in [5.41, 5.74) is 0. The monoisotopic (exact) mass is 419 g/mol. The largest absolute Gasteiger partial charge is 0.357 e. The number of hydrogen-bond donors (Lipinski definition) is 2. The molecule has 1 amide bonds. The van der Waals surface area contributed by atoms with Crippen molar-refractivity contribution in [1.29, 1.82) is 0 Å². The molecule has 2 atom stereocenters. The van der Waals surface area contributed by atoms with Gasteiger partial charge in [-0.1, -0.05) is 26.2 Å². The number of aliphatic imine (C=N–C) groups is 1. The van der Waals surface area contributed by atoms with Crippen LogP contribution in [-0.4, -0.2) is 73.5 Å². The highest BCUT2D eigenvalue weighted by molar-refractivity contribution is 5.81. The van der Waals surface area contributed by atoms with Crippen LogP contribution in [0.15, 0.2) is 4.99 Å². The van der Waals surface area contributed by atoms with Crippen LogP contribution in [0.5, 0.6) is 0 Å². The van der Waals surface area contributed by atoms with Gasteiger partial charge in [0.1, 0.15) is 0 Å². The van der Waals surface area contributed by atoms with Gasteiger partial charge < -0.3 is 20.4 Å². The van der Waals surface area contributed by atoms with E-state index in [2.05, 4.69) is 34.3 Å². The molecule has 3 aliphatic rings. The zero-order valence-electron chi connectivity index (χ0n) is 19.5. The average Bonchev–Trinajstić information content (AvgIpc) is 3.22. The van der Waals surface area contributed by atoms with Crippen molar-refractivity contribution in [2.24, 2.45) is 16.8 Å². The predicted octanol–water partition coefficient (Wildman–Crippen LogP) is 3.23. The molecule has 1 aliphatic carbocycles. The smallest absolute Gasteiger partial charge is 0.225 e. The van der Waals surface area contributed by atoms with Crippen LogP contribution >= 0.6 is 0 Å². The SMILES string of the molecule is CCNC(=NCCCCN1CCCC(C)C1)NC1CCN(C(=O)C2CCCCC2)C1. The number of nitrogens with one attached hydrogen (secondary N) is 2. The first kappa shape index (κ1) is 23.4. The van der Waals surface area contributed by atoms with Gasteiger partial charge in [-0.05, 0) is 70.9 Å². The van der Waals surface area contributed by atoms with E-state index in [0.29, 0.717) is 11.9 Å². The Labute approximate surface area is 184 Å². The van der Waals surface area contributed by atoms with Gasteiger partial charge in [0.15, 0.2) is 5.96 Å². The van der Waals surface area contributed by atoms with E-state index < -0.39 is 0 Å². The number of amides is 1. The lowest BCUT2D eigenvalue weighted by Crippen LogP contribution is -2.45. The molecule has 0 aromatic heterocycles. The number of nitrogens with zero attached hydrogens (tertiary/aromatic N) is 3. The van der Waals surface area contributed by atoms with Crippen molar-refractivity contribution in [3.8, 4) is 0 Å². The maximum atomic E-state index is 12.8. The number of carbonyl (C=O) groups excluding carboxylic acids is 1. The fourth-order valence-electron chi connectivity index (χ4n) is 5.33. The molecule has 0 radical (unpaired) electrons. The molecule has 6 nitrogen and oxygen atoms in total. The second-order valence-corrected chi connectivity index (χ2v) is 9.76. The third-order valence-electron chi connectivity index (χ3n) is 7.03. The van der Waals surface area contributed by atoms with Gasteiger partial charge in [-0.25, -0.2) is 0 Å². The van der Waals surface area contributed by atoms with Crippen LogP contribution in [0.2, 0.25) is 0 Å². The second-order valence-electron chi connectivity index (χ2n) is 9.76. The third kappa shape index (κ3) is 7.44. The molecule has 6 heteroatoms. The molecule has 0 bridgehead atoms. The number of piperidine rings is 1. The fraction of sp³-hybridized carbons (Fsp3) is 0.917. The summed E-state index contributed by atoms with van der Waals surface area (Å²) in [6.07, 6.45) is 12.1. The normalized spacial score (nSPS) is 26.7. The zero-order valence-corrected chi connectivity index (χ0v) is 19.5. The number of rotatable bonds is 8. The van der Waals surface area contributed by atoms with E-state index in [1.165, 1.54) is 58.2 Å². The molecular formula is C24H45N5O. The molecule has 0 spiro atoms. The molecular weight excluding hydrogens is 374 g/mol. The number of likely N-dealkylation sites (tertiary alicyclic amines) is 2. The number of carbonyl (C=O) groups is 1. The first-order valence-corrected chi connectivity index (χ1v) is 12.7. The van der Waals surface area contributed by atoms with Gasteiger partial charge in [0.25, 0.3) is 0 Å². The summed E-state index contributed by atoms with van der Waals surface area (Å²) in [7, 11) is 0. The van der Waals surface area contributed by atoms with Crippen LogP contribution in [0.3, 0.4) is 0 Å². The molecule has 3 rings (SSSR count). The lowest BCUT2D eigenvalue weighted by molar-refractivity contribution is -0.135. The van der Waals surface area contributed by atoms with Gasteiger partial charge >= 0.3 is 0 Å². The van der Waals surface area contributed by atoms with Crippen LogP contribution < -0.4 is 10.6 Å². The first-order chi connectivity index (χ1) is 14.7. The minimum atomic E-state index is 0.280. The summed E-state index contributed by atoms with van der Waals surface area (Å²) >= 11 is 0. The summed E-state index contributed by atoms with van der Waals surface area (Å²) in [6, 6.07) is 0.324. The highest BCUT2D eigenvalue weighted by Crippen LogP contribution is 2.26. The molecule has 2 unspecified atom stereocenters. The highest BCUT2D eigenvalue weighted by atomic mass is 16.2. The van der Waals surface area contributed by atoms with Gasteiger partial charge in [0, 0.05) is 44.7 Å². The highest BCUT2D eigenvalue weighted by Gasteiger charge is 2.31. The molecule has 0 aromatic carbocycles. The van der Waals surface area contributed by atoms with Crippen LogP contribution in [-0.2, 0) is 4.79 Å². The Bertz CT molecular complexity index is 546. The standard InChI is InChI=1S/C24H45N5O/c1-3-25-24(26-14-7-8-15-28-16-9-10-20(2)18-28)27-22-13-17-29(19-22)23(30)21-11-5-4-6-12-21/h20-22H,3-19H2,1-2H3,(H2,25,26,27). The fourth-order valence-corrected chi connectivity index (χ4v) is 5.33.